The molecule has 1 aliphatic rings. The van der Waals surface area contributed by atoms with E-state index in [9.17, 15) is 0 Å². The van der Waals surface area contributed by atoms with Gasteiger partial charge in [0.15, 0.2) is 0 Å². The summed E-state index contributed by atoms with van der Waals surface area (Å²) < 4.78 is 5.68. The third kappa shape index (κ3) is 3.05. The molecule has 17 heavy (non-hydrogen) atoms. The molecule has 1 aromatic rings. The molecule has 0 amide bonds. The zero-order valence-electron chi connectivity index (χ0n) is 10.8. The number of likely N-dealkylation sites (N-methyl/N-ethyl adjacent to an activating group) is 1. The van der Waals surface area contributed by atoms with Gasteiger partial charge in [-0.25, -0.2) is 0 Å². The van der Waals surface area contributed by atoms with Crippen LogP contribution in [0.15, 0.2) is 24.4 Å². The maximum atomic E-state index is 5.68. The van der Waals surface area contributed by atoms with E-state index in [0.717, 1.165) is 18.5 Å². The molecule has 1 heterocycles. The molecule has 0 aromatic carbocycles. The predicted molar refractivity (Wildman–Crippen MR) is 69.0 cm³/mol. The zero-order valence-corrected chi connectivity index (χ0v) is 10.8. The van der Waals surface area contributed by atoms with Crippen LogP contribution in [-0.4, -0.2) is 30.8 Å². The summed E-state index contributed by atoms with van der Waals surface area (Å²) in [6.45, 7) is 0. The molecule has 1 N–H and O–H groups in total. The Labute approximate surface area is 104 Å². The first-order valence-corrected chi connectivity index (χ1v) is 6.40. The highest BCUT2D eigenvalue weighted by molar-refractivity contribution is 5.06. The average Bonchev–Trinajstić information content (AvgIpc) is 2.33. The average molecular weight is 234 g/mol. The van der Waals surface area contributed by atoms with Crippen molar-refractivity contribution in [3.05, 3.63) is 30.1 Å². The maximum Gasteiger partial charge on any atom is 0.0693 e. The van der Waals surface area contributed by atoms with E-state index in [1.54, 1.807) is 0 Å². The summed E-state index contributed by atoms with van der Waals surface area (Å²) in [5, 5.41) is 3.39. The highest BCUT2D eigenvalue weighted by Gasteiger charge is 2.38. The highest BCUT2D eigenvalue weighted by atomic mass is 16.5. The van der Waals surface area contributed by atoms with Crippen molar-refractivity contribution in [1.29, 1.82) is 0 Å². The fraction of sp³-hybridized carbons (Fsp3) is 0.643. The molecule has 94 valence electrons. The Morgan fingerprint density at radius 2 is 2.29 bits per heavy atom. The molecule has 0 saturated heterocycles. The summed E-state index contributed by atoms with van der Waals surface area (Å²) in [5.74, 6) is 0. The Bertz CT molecular complexity index is 330. The first-order valence-electron chi connectivity index (χ1n) is 6.40. The molecule has 3 nitrogen and oxygen atoms in total. The highest BCUT2D eigenvalue weighted by Crippen LogP contribution is 2.39. The van der Waals surface area contributed by atoms with Gasteiger partial charge in [-0.3, -0.25) is 4.98 Å². The minimum Gasteiger partial charge on any atom is -0.378 e. The lowest BCUT2D eigenvalue weighted by Gasteiger charge is -2.42. The lowest BCUT2D eigenvalue weighted by molar-refractivity contribution is -0.0830. The molecule has 1 fully saturated rings. The number of aromatic nitrogens is 1. The minimum absolute atomic E-state index is 0.127. The van der Waals surface area contributed by atoms with E-state index in [-0.39, 0.29) is 5.60 Å². The van der Waals surface area contributed by atoms with E-state index in [4.69, 9.17) is 4.74 Å². The van der Waals surface area contributed by atoms with Crippen LogP contribution in [0.3, 0.4) is 0 Å². The second-order valence-corrected chi connectivity index (χ2v) is 4.96. The number of nitrogens with one attached hydrogen (secondary N) is 1. The van der Waals surface area contributed by atoms with Gasteiger partial charge in [0, 0.05) is 31.5 Å². The van der Waals surface area contributed by atoms with E-state index < -0.39 is 0 Å². The fourth-order valence-electron chi connectivity index (χ4n) is 2.56. The van der Waals surface area contributed by atoms with Gasteiger partial charge in [-0.15, -0.1) is 0 Å². The molecule has 3 heteroatoms. The Kier molecular flexibility index (Phi) is 4.13. The molecule has 1 aromatic heterocycles. The van der Waals surface area contributed by atoms with Crippen LogP contribution >= 0.6 is 0 Å². The Balaban J connectivity index is 1.93. The van der Waals surface area contributed by atoms with E-state index in [2.05, 4.69) is 16.4 Å². The van der Waals surface area contributed by atoms with Gasteiger partial charge in [-0.1, -0.05) is 6.07 Å². The smallest absolute Gasteiger partial charge is 0.0693 e. The normalized spacial score (nSPS) is 19.6. The Hall–Kier alpha value is -0.930. The summed E-state index contributed by atoms with van der Waals surface area (Å²) in [4.78, 5) is 4.39. The monoisotopic (exact) mass is 234 g/mol. The first kappa shape index (κ1) is 12.5. The molecule has 0 aliphatic heterocycles. The number of nitrogens with zero attached hydrogens (tertiary/aromatic N) is 1. The fourth-order valence-corrected chi connectivity index (χ4v) is 2.56. The number of hydrogen-bond acceptors (Lipinski definition) is 3. The molecule has 1 saturated carbocycles. The van der Waals surface area contributed by atoms with Crippen LogP contribution in [0.2, 0.25) is 0 Å². The number of rotatable bonds is 6. The molecule has 0 bridgehead atoms. The van der Waals surface area contributed by atoms with Crippen LogP contribution < -0.4 is 5.32 Å². The second kappa shape index (κ2) is 5.61. The molecule has 1 aliphatic carbocycles. The number of hydrogen-bond donors (Lipinski definition) is 1. The number of pyridine rings is 1. The van der Waals surface area contributed by atoms with E-state index in [1.165, 1.54) is 19.3 Å². The number of methoxy groups -OCH3 is 1. The van der Waals surface area contributed by atoms with Gasteiger partial charge in [0.05, 0.1) is 5.60 Å². The Morgan fingerprint density at radius 1 is 1.47 bits per heavy atom. The lowest BCUT2D eigenvalue weighted by Crippen LogP contribution is -2.45. The summed E-state index contributed by atoms with van der Waals surface area (Å²) in [6.07, 6.45) is 7.61. The van der Waals surface area contributed by atoms with Gasteiger partial charge in [0.2, 0.25) is 0 Å². The number of ether oxygens (including phenoxy) is 1. The third-order valence-electron chi connectivity index (χ3n) is 3.91. The lowest BCUT2D eigenvalue weighted by atomic mass is 9.75. The summed E-state index contributed by atoms with van der Waals surface area (Å²) >= 11 is 0. The van der Waals surface area contributed by atoms with E-state index in [0.29, 0.717) is 6.04 Å². The van der Waals surface area contributed by atoms with E-state index in [1.807, 2.05) is 32.5 Å². The molecular formula is C14H22N2O. The summed E-state index contributed by atoms with van der Waals surface area (Å²) in [5.41, 5.74) is 1.28. The standard InChI is InChI=1S/C14H22N2O/c1-15-13(10-12-6-3-4-9-16-12)11-14(17-2)7-5-8-14/h3-4,6,9,13,15H,5,7-8,10-11H2,1-2H3. The molecule has 1 unspecified atom stereocenters. The van der Waals surface area contributed by atoms with Gasteiger partial charge in [-0.05, 0) is 44.9 Å². The van der Waals surface area contributed by atoms with E-state index >= 15 is 0 Å². The van der Waals surface area contributed by atoms with Gasteiger partial charge in [0.25, 0.3) is 0 Å². The van der Waals surface area contributed by atoms with Gasteiger partial charge in [0.1, 0.15) is 0 Å². The van der Waals surface area contributed by atoms with Crippen molar-refractivity contribution in [3.8, 4) is 0 Å². The van der Waals surface area contributed by atoms with Gasteiger partial charge >= 0.3 is 0 Å². The van der Waals surface area contributed by atoms with Crippen LogP contribution in [0, 0.1) is 0 Å². The van der Waals surface area contributed by atoms with Crippen molar-refractivity contribution < 1.29 is 4.74 Å². The quantitative estimate of drug-likeness (QED) is 0.819. The topological polar surface area (TPSA) is 34.2 Å². The van der Waals surface area contributed by atoms with Crippen molar-refractivity contribution in [2.24, 2.45) is 0 Å². The first-order chi connectivity index (χ1) is 8.28. The van der Waals surface area contributed by atoms with Gasteiger partial charge < -0.3 is 10.1 Å². The SMILES string of the molecule is CNC(Cc1ccccn1)CC1(OC)CCC1. The largest absolute Gasteiger partial charge is 0.378 e. The maximum absolute atomic E-state index is 5.68. The van der Waals surface area contributed by atoms with Crippen LogP contribution in [0.1, 0.15) is 31.4 Å². The Morgan fingerprint density at radius 3 is 2.76 bits per heavy atom. The van der Waals surface area contributed by atoms with Crippen molar-refractivity contribution in [2.45, 2.75) is 43.7 Å². The van der Waals surface area contributed by atoms with Gasteiger partial charge in [-0.2, -0.15) is 0 Å². The van der Waals surface area contributed by atoms with Crippen molar-refractivity contribution in [2.75, 3.05) is 14.2 Å². The zero-order chi connectivity index (χ0) is 12.1. The van der Waals surface area contributed by atoms with Crippen LogP contribution in [0.5, 0.6) is 0 Å². The molecule has 1 atom stereocenters. The van der Waals surface area contributed by atoms with Crippen molar-refractivity contribution in [1.82, 2.24) is 10.3 Å². The van der Waals surface area contributed by atoms with Crippen molar-refractivity contribution in [3.63, 3.8) is 0 Å². The summed E-state index contributed by atoms with van der Waals surface area (Å²) in [7, 11) is 3.86. The van der Waals surface area contributed by atoms with Crippen LogP contribution in [0.4, 0.5) is 0 Å². The second-order valence-electron chi connectivity index (χ2n) is 4.96. The summed E-state index contributed by atoms with van der Waals surface area (Å²) in [6, 6.07) is 6.54. The van der Waals surface area contributed by atoms with Crippen molar-refractivity contribution >= 4 is 0 Å². The molecule has 0 spiro atoms. The molecular weight excluding hydrogens is 212 g/mol. The molecule has 2 rings (SSSR count). The third-order valence-corrected chi connectivity index (χ3v) is 3.91. The molecule has 0 radical (unpaired) electrons. The minimum atomic E-state index is 0.127. The predicted octanol–water partition coefficient (Wildman–Crippen LogP) is 2.17. The van der Waals surface area contributed by atoms with Crippen LogP contribution in [0.25, 0.3) is 0 Å². The van der Waals surface area contributed by atoms with Crippen LogP contribution in [-0.2, 0) is 11.2 Å².